The van der Waals surface area contributed by atoms with E-state index in [-0.39, 0.29) is 18.0 Å². The quantitative estimate of drug-likeness (QED) is 0.775. The Kier molecular flexibility index (Phi) is 5.28. The van der Waals surface area contributed by atoms with E-state index in [0.717, 1.165) is 17.9 Å². The van der Waals surface area contributed by atoms with Crippen LogP contribution >= 0.6 is 23.4 Å². The normalized spacial score (nSPS) is 17.9. The van der Waals surface area contributed by atoms with E-state index in [0.29, 0.717) is 16.8 Å². The van der Waals surface area contributed by atoms with Gasteiger partial charge in [-0.1, -0.05) is 11.6 Å². The Labute approximate surface area is 126 Å². The third-order valence-electron chi connectivity index (χ3n) is 2.97. The van der Waals surface area contributed by atoms with Gasteiger partial charge in [0.15, 0.2) is 0 Å². The van der Waals surface area contributed by atoms with Crippen LogP contribution in [0.25, 0.3) is 0 Å². The molecule has 1 amide bonds. The van der Waals surface area contributed by atoms with E-state index in [1.54, 1.807) is 0 Å². The molecule has 1 atom stereocenters. The molecule has 20 heavy (non-hydrogen) atoms. The molecule has 108 valence electrons. The zero-order valence-corrected chi connectivity index (χ0v) is 12.3. The SMILES string of the molecule is O=C(CNC1CCSC1)Nc1cc(C(=O)O)ccc1Cl. The lowest BCUT2D eigenvalue weighted by Crippen LogP contribution is -2.36. The lowest BCUT2D eigenvalue weighted by atomic mass is 10.2. The summed E-state index contributed by atoms with van der Waals surface area (Å²) in [6.07, 6.45) is 1.06. The van der Waals surface area contributed by atoms with Gasteiger partial charge in [0.2, 0.25) is 5.91 Å². The highest BCUT2D eigenvalue weighted by molar-refractivity contribution is 7.99. The number of halogens is 1. The smallest absolute Gasteiger partial charge is 0.335 e. The molecule has 1 saturated heterocycles. The number of carboxylic acids is 1. The van der Waals surface area contributed by atoms with Crippen molar-refractivity contribution in [1.29, 1.82) is 0 Å². The highest BCUT2D eigenvalue weighted by Gasteiger charge is 2.16. The number of carbonyl (C=O) groups is 2. The van der Waals surface area contributed by atoms with Gasteiger partial charge in [0.05, 0.1) is 22.8 Å². The van der Waals surface area contributed by atoms with Crippen LogP contribution in [0.5, 0.6) is 0 Å². The number of carbonyl (C=O) groups excluding carboxylic acids is 1. The Balaban J connectivity index is 1.92. The van der Waals surface area contributed by atoms with E-state index < -0.39 is 5.97 Å². The summed E-state index contributed by atoms with van der Waals surface area (Å²) in [5, 5.41) is 15.0. The molecular weight excluding hydrogens is 300 g/mol. The average molecular weight is 315 g/mol. The van der Waals surface area contributed by atoms with Crippen LogP contribution in [0.15, 0.2) is 18.2 Å². The molecule has 5 nitrogen and oxygen atoms in total. The maximum atomic E-state index is 11.8. The van der Waals surface area contributed by atoms with Crippen LogP contribution in [-0.2, 0) is 4.79 Å². The predicted octanol–water partition coefficient (Wildman–Crippen LogP) is 2.07. The van der Waals surface area contributed by atoms with Crippen LogP contribution < -0.4 is 10.6 Å². The van der Waals surface area contributed by atoms with E-state index in [1.165, 1.54) is 18.2 Å². The Morgan fingerprint density at radius 1 is 1.45 bits per heavy atom. The summed E-state index contributed by atoms with van der Waals surface area (Å²) in [6.45, 7) is 0.193. The van der Waals surface area contributed by atoms with Crippen molar-refractivity contribution in [3.63, 3.8) is 0 Å². The van der Waals surface area contributed by atoms with Crippen molar-refractivity contribution >= 4 is 40.9 Å². The number of aromatic carboxylic acids is 1. The second kappa shape index (κ2) is 6.97. The van der Waals surface area contributed by atoms with E-state index >= 15 is 0 Å². The van der Waals surface area contributed by atoms with Gasteiger partial charge in [-0.05, 0) is 30.4 Å². The van der Waals surface area contributed by atoms with Crippen molar-refractivity contribution in [3.05, 3.63) is 28.8 Å². The van der Waals surface area contributed by atoms with Crippen LogP contribution in [0.2, 0.25) is 5.02 Å². The number of benzene rings is 1. The number of thioether (sulfide) groups is 1. The molecule has 7 heteroatoms. The van der Waals surface area contributed by atoms with Crippen LogP contribution in [0, 0.1) is 0 Å². The molecule has 1 aromatic rings. The van der Waals surface area contributed by atoms with Crippen molar-refractivity contribution in [3.8, 4) is 0 Å². The minimum Gasteiger partial charge on any atom is -0.478 e. The summed E-state index contributed by atoms with van der Waals surface area (Å²) in [5.74, 6) is 0.846. The Bertz CT molecular complexity index is 518. The number of hydrogen-bond acceptors (Lipinski definition) is 4. The van der Waals surface area contributed by atoms with E-state index in [9.17, 15) is 9.59 Å². The summed E-state index contributed by atoms with van der Waals surface area (Å²) in [5.41, 5.74) is 0.406. The molecule has 0 saturated carbocycles. The maximum absolute atomic E-state index is 11.8. The fourth-order valence-electron chi connectivity index (χ4n) is 1.88. The molecule has 1 fully saturated rings. The van der Waals surface area contributed by atoms with Crippen LogP contribution in [0.1, 0.15) is 16.8 Å². The molecule has 0 aliphatic carbocycles. The first kappa shape index (κ1) is 15.2. The third-order valence-corrected chi connectivity index (χ3v) is 4.46. The van der Waals surface area contributed by atoms with Gasteiger partial charge in [-0.3, -0.25) is 4.79 Å². The Morgan fingerprint density at radius 2 is 2.25 bits per heavy atom. The predicted molar refractivity (Wildman–Crippen MR) is 80.8 cm³/mol. The fraction of sp³-hybridized carbons (Fsp3) is 0.385. The number of hydrogen-bond donors (Lipinski definition) is 3. The van der Waals surface area contributed by atoms with Crippen LogP contribution in [-0.4, -0.2) is 41.1 Å². The third kappa shape index (κ3) is 4.13. The highest BCUT2D eigenvalue weighted by atomic mass is 35.5. The highest BCUT2D eigenvalue weighted by Crippen LogP contribution is 2.23. The fourth-order valence-corrected chi connectivity index (χ4v) is 3.23. The second-order valence-electron chi connectivity index (χ2n) is 4.49. The first-order valence-electron chi connectivity index (χ1n) is 6.20. The summed E-state index contributed by atoms with van der Waals surface area (Å²) in [6, 6.07) is 4.58. The largest absolute Gasteiger partial charge is 0.478 e. The van der Waals surface area contributed by atoms with Crippen molar-refractivity contribution in [2.45, 2.75) is 12.5 Å². The molecule has 1 aliphatic heterocycles. The van der Waals surface area contributed by atoms with E-state index in [4.69, 9.17) is 16.7 Å². The van der Waals surface area contributed by atoms with Crippen LogP contribution in [0.3, 0.4) is 0 Å². The van der Waals surface area contributed by atoms with Gasteiger partial charge in [-0.2, -0.15) is 11.8 Å². The van der Waals surface area contributed by atoms with Gasteiger partial charge in [-0.15, -0.1) is 0 Å². The van der Waals surface area contributed by atoms with Gasteiger partial charge in [0, 0.05) is 11.8 Å². The van der Waals surface area contributed by atoms with E-state index in [2.05, 4.69) is 10.6 Å². The topological polar surface area (TPSA) is 78.4 Å². The minimum absolute atomic E-state index is 0.0878. The zero-order chi connectivity index (χ0) is 14.5. The number of carboxylic acid groups (broad SMARTS) is 1. The van der Waals surface area contributed by atoms with Gasteiger partial charge in [-0.25, -0.2) is 4.79 Å². The molecule has 0 radical (unpaired) electrons. The van der Waals surface area contributed by atoms with Gasteiger partial charge >= 0.3 is 5.97 Å². The summed E-state index contributed by atoms with van der Waals surface area (Å²) in [7, 11) is 0. The van der Waals surface area contributed by atoms with Crippen molar-refractivity contribution in [1.82, 2.24) is 5.32 Å². The lowest BCUT2D eigenvalue weighted by Gasteiger charge is -2.12. The summed E-state index contributed by atoms with van der Waals surface area (Å²) >= 11 is 7.81. The summed E-state index contributed by atoms with van der Waals surface area (Å²) in [4.78, 5) is 22.7. The van der Waals surface area contributed by atoms with Crippen molar-refractivity contribution in [2.75, 3.05) is 23.4 Å². The zero-order valence-electron chi connectivity index (χ0n) is 10.7. The van der Waals surface area contributed by atoms with E-state index in [1.807, 2.05) is 11.8 Å². The first-order chi connectivity index (χ1) is 9.56. The molecule has 2 rings (SSSR count). The standard InChI is InChI=1S/C13H15ClN2O3S/c14-10-2-1-8(13(18)19)5-11(10)16-12(17)6-15-9-3-4-20-7-9/h1-2,5,9,15H,3-4,6-7H2,(H,16,17)(H,18,19). The monoisotopic (exact) mass is 314 g/mol. The van der Waals surface area contributed by atoms with Gasteiger partial charge < -0.3 is 15.7 Å². The first-order valence-corrected chi connectivity index (χ1v) is 7.73. The molecule has 1 aromatic carbocycles. The molecule has 3 N–H and O–H groups in total. The number of nitrogens with one attached hydrogen (secondary N) is 2. The summed E-state index contributed by atoms with van der Waals surface area (Å²) < 4.78 is 0. The van der Waals surface area contributed by atoms with Crippen molar-refractivity contribution in [2.24, 2.45) is 0 Å². The molecule has 1 aliphatic rings. The molecule has 1 unspecified atom stereocenters. The maximum Gasteiger partial charge on any atom is 0.335 e. The second-order valence-corrected chi connectivity index (χ2v) is 6.05. The lowest BCUT2D eigenvalue weighted by molar-refractivity contribution is -0.115. The van der Waals surface area contributed by atoms with Gasteiger partial charge in [0.1, 0.15) is 0 Å². The number of rotatable bonds is 5. The molecule has 0 bridgehead atoms. The van der Waals surface area contributed by atoms with Crippen LogP contribution in [0.4, 0.5) is 5.69 Å². The minimum atomic E-state index is -1.06. The molecule has 0 spiro atoms. The Hall–Kier alpha value is -1.24. The Morgan fingerprint density at radius 3 is 2.90 bits per heavy atom. The average Bonchev–Trinajstić information content (AvgIpc) is 2.92. The molecule has 0 aromatic heterocycles. The molecule has 1 heterocycles. The van der Waals surface area contributed by atoms with Gasteiger partial charge in [0.25, 0.3) is 0 Å². The number of amides is 1. The number of anilines is 1. The van der Waals surface area contributed by atoms with Crippen molar-refractivity contribution < 1.29 is 14.7 Å². The molecular formula is C13H15ClN2O3S.